The molecule has 1 N–H and O–H groups in total. The van der Waals surface area contributed by atoms with E-state index in [4.69, 9.17) is 11.6 Å². The van der Waals surface area contributed by atoms with Crippen molar-refractivity contribution in [2.75, 3.05) is 16.8 Å². The number of carbonyl (C=O) groups excluding carboxylic acids is 2. The maximum Gasteiger partial charge on any atom is 0.418 e. The van der Waals surface area contributed by atoms with Crippen molar-refractivity contribution >= 4 is 34.8 Å². The minimum absolute atomic E-state index is 0.0256. The number of hydrogen-bond donors (Lipinski definition) is 1. The molecule has 0 aliphatic heterocycles. The third kappa shape index (κ3) is 5.47. The summed E-state index contributed by atoms with van der Waals surface area (Å²) in [5.74, 6) is -0.909. The van der Waals surface area contributed by atoms with Gasteiger partial charge in [-0.1, -0.05) is 23.7 Å². The molecule has 0 saturated heterocycles. The molecule has 0 aromatic heterocycles. The molecule has 2 aromatic carbocycles. The highest BCUT2D eigenvalue weighted by molar-refractivity contribution is 6.30. The van der Waals surface area contributed by atoms with Crippen LogP contribution in [0.3, 0.4) is 0 Å². The van der Waals surface area contributed by atoms with E-state index in [-0.39, 0.29) is 24.6 Å². The molecule has 0 saturated carbocycles. The Morgan fingerprint density at radius 1 is 1.15 bits per heavy atom. The number of nitrogens with one attached hydrogen (secondary N) is 1. The third-order valence-electron chi connectivity index (χ3n) is 3.90. The van der Waals surface area contributed by atoms with Gasteiger partial charge in [-0.05, 0) is 42.8 Å². The van der Waals surface area contributed by atoms with Crippen LogP contribution in [0.15, 0.2) is 42.5 Å². The van der Waals surface area contributed by atoms with E-state index in [1.807, 2.05) is 0 Å². The van der Waals surface area contributed by atoms with Crippen molar-refractivity contribution in [3.05, 3.63) is 58.6 Å². The fraction of sp³-hybridized carbons (Fsp3) is 0.263. The van der Waals surface area contributed by atoms with Gasteiger partial charge in [-0.3, -0.25) is 9.59 Å². The highest BCUT2D eigenvalue weighted by Crippen LogP contribution is 2.34. The summed E-state index contributed by atoms with van der Waals surface area (Å²) in [6.45, 7) is 3.15. The first-order valence-electron chi connectivity index (χ1n) is 8.10. The van der Waals surface area contributed by atoms with Crippen LogP contribution in [-0.4, -0.2) is 18.4 Å². The summed E-state index contributed by atoms with van der Waals surface area (Å²) < 4.78 is 39.0. The number of benzene rings is 2. The molecule has 8 heteroatoms. The minimum atomic E-state index is -4.57. The second kappa shape index (κ2) is 8.43. The quantitative estimate of drug-likeness (QED) is 0.766. The van der Waals surface area contributed by atoms with Gasteiger partial charge in [0.15, 0.2) is 0 Å². The largest absolute Gasteiger partial charge is 0.418 e. The predicted molar refractivity (Wildman–Crippen MR) is 98.9 cm³/mol. The van der Waals surface area contributed by atoms with Crippen LogP contribution in [0.2, 0.25) is 5.02 Å². The second-order valence-electron chi connectivity index (χ2n) is 5.94. The number of hydrogen-bond acceptors (Lipinski definition) is 2. The Labute approximate surface area is 159 Å². The summed E-state index contributed by atoms with van der Waals surface area (Å²) in [4.78, 5) is 25.5. The van der Waals surface area contributed by atoms with Crippen molar-refractivity contribution in [1.29, 1.82) is 0 Å². The first kappa shape index (κ1) is 20.8. The van der Waals surface area contributed by atoms with Gasteiger partial charge in [0.25, 0.3) is 0 Å². The van der Waals surface area contributed by atoms with Gasteiger partial charge in [0.1, 0.15) is 0 Å². The summed E-state index contributed by atoms with van der Waals surface area (Å²) in [7, 11) is 0. The minimum Gasteiger partial charge on any atom is -0.325 e. The molecule has 2 aromatic rings. The van der Waals surface area contributed by atoms with Crippen molar-refractivity contribution in [3.8, 4) is 0 Å². The monoisotopic (exact) mass is 398 g/mol. The van der Waals surface area contributed by atoms with E-state index in [9.17, 15) is 22.8 Å². The van der Waals surface area contributed by atoms with Gasteiger partial charge in [0, 0.05) is 30.6 Å². The van der Waals surface area contributed by atoms with Crippen LogP contribution >= 0.6 is 11.6 Å². The second-order valence-corrected chi connectivity index (χ2v) is 6.38. The van der Waals surface area contributed by atoms with Gasteiger partial charge < -0.3 is 10.2 Å². The Morgan fingerprint density at radius 2 is 1.81 bits per heavy atom. The molecule has 0 spiro atoms. The predicted octanol–water partition coefficient (Wildman–Crippen LogP) is 5.05. The molecule has 0 radical (unpaired) electrons. The zero-order valence-corrected chi connectivity index (χ0v) is 15.5. The van der Waals surface area contributed by atoms with Crippen LogP contribution in [0.25, 0.3) is 0 Å². The number of nitrogens with zero attached hydrogens (tertiary/aromatic N) is 1. The van der Waals surface area contributed by atoms with Gasteiger partial charge >= 0.3 is 6.18 Å². The molecule has 2 amide bonds. The molecule has 0 atom stereocenters. The molecule has 0 fully saturated rings. The zero-order valence-electron chi connectivity index (χ0n) is 14.7. The molecule has 0 aliphatic rings. The van der Waals surface area contributed by atoms with Gasteiger partial charge in [0.2, 0.25) is 11.8 Å². The summed E-state index contributed by atoms with van der Waals surface area (Å²) in [6.07, 6.45) is -4.73. The molecule has 4 nitrogen and oxygen atoms in total. The maximum atomic E-state index is 13.0. The van der Waals surface area contributed by atoms with E-state index in [0.717, 1.165) is 11.6 Å². The number of carbonyl (C=O) groups is 2. The zero-order chi connectivity index (χ0) is 20.2. The molecule has 0 bridgehead atoms. The fourth-order valence-corrected chi connectivity index (χ4v) is 2.86. The van der Waals surface area contributed by atoms with Gasteiger partial charge in [-0.25, -0.2) is 0 Å². The van der Waals surface area contributed by atoms with Crippen LogP contribution in [-0.2, 0) is 15.8 Å². The van der Waals surface area contributed by atoms with E-state index < -0.39 is 17.6 Å². The lowest BCUT2D eigenvalue weighted by Crippen LogP contribution is -2.32. The summed E-state index contributed by atoms with van der Waals surface area (Å²) in [5.41, 5.74) is 0.110. The highest BCUT2D eigenvalue weighted by Gasteiger charge is 2.33. The van der Waals surface area contributed by atoms with Crippen molar-refractivity contribution in [2.24, 2.45) is 0 Å². The van der Waals surface area contributed by atoms with E-state index in [2.05, 4.69) is 5.32 Å². The Bertz CT molecular complexity index is 853. The number of alkyl halides is 3. The molecular weight excluding hydrogens is 381 g/mol. The Hall–Kier alpha value is -2.54. The van der Waals surface area contributed by atoms with Gasteiger partial charge in [0.05, 0.1) is 11.3 Å². The van der Waals surface area contributed by atoms with Crippen LogP contribution in [0.5, 0.6) is 0 Å². The topological polar surface area (TPSA) is 49.4 Å². The number of anilines is 2. The fourth-order valence-electron chi connectivity index (χ4n) is 2.63. The number of aryl methyl sites for hydroxylation is 1. The first-order chi connectivity index (χ1) is 12.6. The summed E-state index contributed by atoms with van der Waals surface area (Å²) in [6, 6.07) is 9.71. The number of amides is 2. The molecule has 2 rings (SSSR count). The van der Waals surface area contributed by atoms with Crippen molar-refractivity contribution in [1.82, 2.24) is 0 Å². The SMILES string of the molecule is CC(=O)N(CCC(=O)Nc1ccccc1C(F)(F)F)c1ccc(Cl)cc1C. The lowest BCUT2D eigenvalue weighted by Gasteiger charge is -2.23. The van der Waals surface area contributed by atoms with E-state index in [0.29, 0.717) is 10.7 Å². The van der Waals surface area contributed by atoms with Crippen molar-refractivity contribution in [3.63, 3.8) is 0 Å². The van der Waals surface area contributed by atoms with E-state index >= 15 is 0 Å². The number of para-hydroxylation sites is 1. The maximum absolute atomic E-state index is 13.0. The van der Waals surface area contributed by atoms with Crippen LogP contribution < -0.4 is 10.2 Å². The first-order valence-corrected chi connectivity index (χ1v) is 8.47. The molecule has 0 unspecified atom stereocenters. The summed E-state index contributed by atoms with van der Waals surface area (Å²) in [5, 5.41) is 2.78. The van der Waals surface area contributed by atoms with E-state index in [1.54, 1.807) is 25.1 Å². The Morgan fingerprint density at radius 3 is 2.41 bits per heavy atom. The standard InChI is InChI=1S/C19H18ClF3N2O2/c1-12-11-14(20)7-8-17(12)25(13(2)26)10-9-18(27)24-16-6-4-3-5-15(16)19(21,22)23/h3-8,11H,9-10H2,1-2H3,(H,24,27). The molecule has 144 valence electrons. The lowest BCUT2D eigenvalue weighted by atomic mass is 10.1. The van der Waals surface area contributed by atoms with Crippen molar-refractivity contribution in [2.45, 2.75) is 26.4 Å². The van der Waals surface area contributed by atoms with Crippen LogP contribution in [0.1, 0.15) is 24.5 Å². The average Bonchev–Trinajstić information content (AvgIpc) is 2.56. The van der Waals surface area contributed by atoms with Crippen molar-refractivity contribution < 1.29 is 22.8 Å². The molecular formula is C19H18ClF3N2O2. The van der Waals surface area contributed by atoms with Gasteiger partial charge in [-0.15, -0.1) is 0 Å². The number of halogens is 4. The van der Waals surface area contributed by atoms with Gasteiger partial charge in [-0.2, -0.15) is 13.2 Å². The normalized spacial score (nSPS) is 11.2. The lowest BCUT2D eigenvalue weighted by molar-refractivity contribution is -0.137. The smallest absolute Gasteiger partial charge is 0.325 e. The summed E-state index contributed by atoms with van der Waals surface area (Å²) >= 11 is 5.91. The number of rotatable bonds is 5. The van der Waals surface area contributed by atoms with E-state index in [1.165, 1.54) is 30.0 Å². The average molecular weight is 399 g/mol. The molecule has 0 heterocycles. The Balaban J connectivity index is 2.11. The highest BCUT2D eigenvalue weighted by atomic mass is 35.5. The molecule has 27 heavy (non-hydrogen) atoms. The third-order valence-corrected chi connectivity index (χ3v) is 4.13. The molecule has 0 aliphatic carbocycles. The van der Waals surface area contributed by atoms with Crippen LogP contribution in [0.4, 0.5) is 24.5 Å². The van der Waals surface area contributed by atoms with Crippen LogP contribution in [0, 0.1) is 6.92 Å². The Kier molecular flexibility index (Phi) is 6.49.